The van der Waals surface area contributed by atoms with Gasteiger partial charge >= 0.3 is 0 Å². The summed E-state index contributed by atoms with van der Waals surface area (Å²) >= 11 is 3.26. The van der Waals surface area contributed by atoms with Crippen molar-refractivity contribution in [2.24, 2.45) is 0 Å². The molecule has 1 amide bonds. The van der Waals surface area contributed by atoms with E-state index in [0.29, 0.717) is 17.9 Å². The van der Waals surface area contributed by atoms with Crippen molar-refractivity contribution >= 4 is 21.8 Å². The molecule has 0 heterocycles. The minimum absolute atomic E-state index is 0.169. The third-order valence-corrected chi connectivity index (χ3v) is 3.49. The van der Waals surface area contributed by atoms with Crippen molar-refractivity contribution in [1.82, 2.24) is 4.90 Å². The molecule has 0 aliphatic carbocycles. The molecule has 0 aliphatic rings. The summed E-state index contributed by atoms with van der Waals surface area (Å²) in [6, 6.07) is 10.5. The van der Waals surface area contributed by atoms with Crippen LogP contribution in [0.2, 0.25) is 0 Å². The summed E-state index contributed by atoms with van der Waals surface area (Å²) < 4.78 is 0. The molecule has 0 saturated carbocycles. The molecule has 1 aromatic carbocycles. The number of benzene rings is 1. The Morgan fingerprint density at radius 3 is 2.29 bits per heavy atom. The molecular weight excluding hydrogens is 278 g/mol. The Morgan fingerprint density at radius 2 is 1.82 bits per heavy atom. The van der Waals surface area contributed by atoms with Crippen LogP contribution in [0.5, 0.6) is 0 Å². The van der Waals surface area contributed by atoms with Crippen molar-refractivity contribution < 1.29 is 4.79 Å². The van der Waals surface area contributed by atoms with E-state index in [-0.39, 0.29) is 5.91 Å². The molecule has 0 saturated heterocycles. The number of rotatable bonds is 6. The molecule has 3 heteroatoms. The molecule has 0 aliphatic heterocycles. The predicted octanol–water partition coefficient (Wildman–Crippen LogP) is 3.60. The van der Waals surface area contributed by atoms with Crippen molar-refractivity contribution in [2.75, 3.05) is 5.33 Å². The molecule has 17 heavy (non-hydrogen) atoms. The van der Waals surface area contributed by atoms with Crippen LogP contribution in [0, 0.1) is 0 Å². The summed E-state index contributed by atoms with van der Waals surface area (Å²) in [5.41, 5.74) is 1.19. The standard InChI is InChI=1S/C14H20BrNO/c1-3-13(4-2)16(14(17)10-15)11-12-8-6-5-7-9-12/h5-9,13H,3-4,10-11H2,1-2H3. The zero-order valence-corrected chi connectivity index (χ0v) is 12.1. The third kappa shape index (κ3) is 4.15. The number of halogens is 1. The lowest BCUT2D eigenvalue weighted by Gasteiger charge is -2.30. The summed E-state index contributed by atoms with van der Waals surface area (Å²) in [7, 11) is 0. The van der Waals surface area contributed by atoms with Gasteiger partial charge in [0.1, 0.15) is 0 Å². The second-order valence-electron chi connectivity index (χ2n) is 4.11. The second kappa shape index (κ2) is 7.49. The van der Waals surface area contributed by atoms with Gasteiger partial charge in [0, 0.05) is 12.6 Å². The SMILES string of the molecule is CCC(CC)N(Cc1ccccc1)C(=O)CBr. The smallest absolute Gasteiger partial charge is 0.233 e. The van der Waals surface area contributed by atoms with Crippen molar-refractivity contribution in [3.63, 3.8) is 0 Å². The van der Waals surface area contributed by atoms with Gasteiger partial charge in [-0.05, 0) is 18.4 Å². The van der Waals surface area contributed by atoms with Crippen LogP contribution < -0.4 is 0 Å². The number of alkyl halides is 1. The molecule has 0 N–H and O–H groups in total. The average molecular weight is 298 g/mol. The van der Waals surface area contributed by atoms with Crippen molar-refractivity contribution in [1.29, 1.82) is 0 Å². The fourth-order valence-corrected chi connectivity index (χ4v) is 2.33. The minimum Gasteiger partial charge on any atom is -0.335 e. The maximum atomic E-state index is 12.0. The lowest BCUT2D eigenvalue weighted by atomic mass is 10.1. The predicted molar refractivity (Wildman–Crippen MR) is 75.2 cm³/mol. The van der Waals surface area contributed by atoms with Crippen molar-refractivity contribution in [3.8, 4) is 0 Å². The summed E-state index contributed by atoms with van der Waals surface area (Å²) in [4.78, 5) is 13.9. The molecule has 0 aromatic heterocycles. The summed E-state index contributed by atoms with van der Waals surface area (Å²) in [5, 5.41) is 0.399. The molecule has 0 unspecified atom stereocenters. The Kier molecular flexibility index (Phi) is 6.27. The van der Waals surface area contributed by atoms with Crippen LogP contribution in [0.4, 0.5) is 0 Å². The Bertz CT molecular complexity index is 335. The Hall–Kier alpha value is -0.830. The van der Waals surface area contributed by atoms with E-state index >= 15 is 0 Å². The molecule has 0 radical (unpaired) electrons. The highest BCUT2D eigenvalue weighted by Gasteiger charge is 2.19. The largest absolute Gasteiger partial charge is 0.335 e. The second-order valence-corrected chi connectivity index (χ2v) is 4.67. The van der Waals surface area contributed by atoms with Gasteiger partial charge in [0.2, 0.25) is 5.91 Å². The molecule has 94 valence electrons. The van der Waals surface area contributed by atoms with E-state index in [4.69, 9.17) is 0 Å². The average Bonchev–Trinajstić information content (AvgIpc) is 2.39. The van der Waals surface area contributed by atoms with E-state index in [1.165, 1.54) is 5.56 Å². The fourth-order valence-electron chi connectivity index (χ4n) is 2.01. The molecule has 0 bridgehead atoms. The first-order valence-electron chi connectivity index (χ1n) is 6.12. The van der Waals surface area contributed by atoms with Gasteiger partial charge in [0.25, 0.3) is 0 Å². The Morgan fingerprint density at radius 1 is 1.24 bits per heavy atom. The Balaban J connectivity index is 2.80. The van der Waals surface area contributed by atoms with E-state index in [2.05, 4.69) is 41.9 Å². The number of hydrogen-bond acceptors (Lipinski definition) is 1. The van der Waals surface area contributed by atoms with Gasteiger partial charge in [-0.25, -0.2) is 0 Å². The zero-order chi connectivity index (χ0) is 12.7. The topological polar surface area (TPSA) is 20.3 Å². The number of nitrogens with zero attached hydrogens (tertiary/aromatic N) is 1. The van der Waals surface area contributed by atoms with Gasteiger partial charge in [0.15, 0.2) is 0 Å². The van der Waals surface area contributed by atoms with Crippen LogP contribution in [-0.4, -0.2) is 22.2 Å². The molecule has 0 atom stereocenters. The van der Waals surface area contributed by atoms with Crippen LogP contribution in [0.3, 0.4) is 0 Å². The normalized spacial score (nSPS) is 10.6. The highest BCUT2D eigenvalue weighted by atomic mass is 79.9. The van der Waals surface area contributed by atoms with Gasteiger partial charge in [-0.3, -0.25) is 4.79 Å². The first kappa shape index (κ1) is 14.2. The molecule has 0 spiro atoms. The van der Waals surface area contributed by atoms with Crippen molar-refractivity contribution in [3.05, 3.63) is 35.9 Å². The van der Waals surface area contributed by atoms with Gasteiger partial charge in [-0.2, -0.15) is 0 Å². The quantitative estimate of drug-likeness (QED) is 0.735. The highest BCUT2D eigenvalue weighted by Crippen LogP contribution is 2.14. The molecular formula is C14H20BrNO. The van der Waals surface area contributed by atoms with Crippen LogP contribution in [0.25, 0.3) is 0 Å². The fraction of sp³-hybridized carbons (Fsp3) is 0.500. The van der Waals surface area contributed by atoms with Crippen molar-refractivity contribution in [2.45, 2.75) is 39.3 Å². The van der Waals surface area contributed by atoms with Crippen LogP contribution in [0.1, 0.15) is 32.3 Å². The zero-order valence-electron chi connectivity index (χ0n) is 10.5. The van der Waals surface area contributed by atoms with E-state index in [9.17, 15) is 4.79 Å². The van der Waals surface area contributed by atoms with Gasteiger partial charge < -0.3 is 4.90 Å². The number of amides is 1. The van der Waals surface area contributed by atoms with Crippen LogP contribution in [0.15, 0.2) is 30.3 Å². The monoisotopic (exact) mass is 297 g/mol. The van der Waals surface area contributed by atoms with Gasteiger partial charge in [-0.1, -0.05) is 60.1 Å². The van der Waals surface area contributed by atoms with Crippen LogP contribution in [-0.2, 0) is 11.3 Å². The number of hydrogen-bond donors (Lipinski definition) is 0. The van der Waals surface area contributed by atoms with E-state index < -0.39 is 0 Å². The molecule has 1 aromatic rings. The molecule has 1 rings (SSSR count). The third-order valence-electron chi connectivity index (χ3n) is 3.01. The minimum atomic E-state index is 0.169. The first-order chi connectivity index (χ1) is 8.22. The van der Waals surface area contributed by atoms with Gasteiger partial charge in [0.05, 0.1) is 5.33 Å². The summed E-state index contributed by atoms with van der Waals surface area (Å²) in [5.74, 6) is 0.169. The maximum absolute atomic E-state index is 12.0. The lowest BCUT2D eigenvalue weighted by molar-refractivity contribution is -0.131. The summed E-state index contributed by atoms with van der Waals surface area (Å²) in [6.45, 7) is 4.97. The lowest BCUT2D eigenvalue weighted by Crippen LogP contribution is -2.39. The number of carbonyl (C=O) groups is 1. The molecule has 2 nitrogen and oxygen atoms in total. The molecule has 0 fully saturated rings. The Labute approximate surface area is 112 Å². The maximum Gasteiger partial charge on any atom is 0.233 e. The first-order valence-corrected chi connectivity index (χ1v) is 7.24. The summed E-state index contributed by atoms with van der Waals surface area (Å²) in [6.07, 6.45) is 2.00. The van der Waals surface area contributed by atoms with E-state index in [1.807, 2.05) is 23.1 Å². The van der Waals surface area contributed by atoms with E-state index in [1.54, 1.807) is 0 Å². The van der Waals surface area contributed by atoms with Gasteiger partial charge in [-0.15, -0.1) is 0 Å². The van der Waals surface area contributed by atoms with E-state index in [0.717, 1.165) is 12.8 Å². The highest BCUT2D eigenvalue weighted by molar-refractivity contribution is 9.09. The van der Waals surface area contributed by atoms with Crippen LogP contribution >= 0.6 is 15.9 Å². The number of carbonyl (C=O) groups excluding carboxylic acids is 1.